The van der Waals surface area contributed by atoms with Gasteiger partial charge in [0.15, 0.2) is 5.82 Å². The van der Waals surface area contributed by atoms with Crippen LogP contribution in [0.25, 0.3) is 0 Å². The molecule has 1 heterocycles. The Morgan fingerprint density at radius 1 is 1.56 bits per heavy atom. The van der Waals surface area contributed by atoms with Crippen LogP contribution in [0.4, 0.5) is 0 Å². The second kappa shape index (κ2) is 5.02. The number of carboxylic acid groups (broad SMARTS) is 1. The molecule has 0 saturated heterocycles. The first-order valence-corrected chi connectivity index (χ1v) is 6.28. The minimum atomic E-state index is -0.968. The number of rotatable bonds is 5. The molecule has 0 unspecified atom stereocenters. The lowest BCUT2D eigenvalue weighted by Gasteiger charge is -2.38. The second-order valence-corrected chi connectivity index (χ2v) is 4.66. The number of carbonyl (C=O) groups is 1. The largest absolute Gasteiger partial charge is 0.478 e. The molecule has 0 bridgehead atoms. The first-order valence-electron chi connectivity index (χ1n) is 6.28. The smallest absolute Gasteiger partial charge is 0.339 e. The van der Waals surface area contributed by atoms with Gasteiger partial charge >= 0.3 is 5.97 Å². The van der Waals surface area contributed by atoms with E-state index < -0.39 is 5.97 Å². The van der Waals surface area contributed by atoms with Crippen LogP contribution in [0.3, 0.4) is 0 Å². The highest BCUT2D eigenvalue weighted by Crippen LogP contribution is 2.42. The molecule has 98 valence electrons. The fraction of sp³-hybridized carbons (Fsp3) is 0.615. The molecule has 18 heavy (non-hydrogen) atoms. The topological polar surface area (TPSA) is 72.3 Å². The van der Waals surface area contributed by atoms with Crippen molar-refractivity contribution in [3.8, 4) is 0 Å². The zero-order valence-corrected chi connectivity index (χ0v) is 10.8. The number of nitrogens with zero attached hydrogens (tertiary/aromatic N) is 2. The van der Waals surface area contributed by atoms with Gasteiger partial charge in [-0.2, -0.15) is 0 Å². The van der Waals surface area contributed by atoms with Gasteiger partial charge in [0, 0.05) is 13.3 Å². The lowest BCUT2D eigenvalue weighted by molar-refractivity contribution is -0.0848. The van der Waals surface area contributed by atoms with Gasteiger partial charge in [-0.05, 0) is 25.7 Å². The molecule has 0 aliphatic heterocycles. The molecule has 1 saturated carbocycles. The van der Waals surface area contributed by atoms with E-state index in [1.807, 2.05) is 6.92 Å². The molecule has 1 aliphatic carbocycles. The predicted molar refractivity (Wildman–Crippen MR) is 65.5 cm³/mol. The molecule has 1 fully saturated rings. The minimum Gasteiger partial charge on any atom is -0.478 e. The Bertz CT molecular complexity index is 450. The monoisotopic (exact) mass is 250 g/mol. The van der Waals surface area contributed by atoms with Crippen LogP contribution in [0.2, 0.25) is 0 Å². The number of carboxylic acids is 1. The normalized spacial score (nSPS) is 17.2. The number of aromatic nitrogens is 2. The quantitative estimate of drug-likeness (QED) is 0.866. The van der Waals surface area contributed by atoms with Crippen molar-refractivity contribution >= 4 is 5.97 Å². The summed E-state index contributed by atoms with van der Waals surface area (Å²) in [7, 11) is 1.66. The molecule has 0 spiro atoms. The van der Waals surface area contributed by atoms with Gasteiger partial charge in [-0.3, -0.25) is 0 Å². The number of hydrogen-bond donors (Lipinski definition) is 1. The van der Waals surface area contributed by atoms with Crippen LogP contribution >= 0.6 is 0 Å². The Morgan fingerprint density at radius 2 is 2.28 bits per heavy atom. The zero-order valence-electron chi connectivity index (χ0n) is 10.8. The molecule has 5 heteroatoms. The molecule has 0 aromatic carbocycles. The van der Waals surface area contributed by atoms with Crippen molar-refractivity contribution in [2.24, 2.45) is 0 Å². The van der Waals surface area contributed by atoms with Crippen molar-refractivity contribution in [2.45, 2.75) is 44.6 Å². The molecule has 1 aromatic heterocycles. The van der Waals surface area contributed by atoms with Crippen molar-refractivity contribution in [1.82, 2.24) is 9.97 Å². The highest BCUT2D eigenvalue weighted by molar-refractivity contribution is 5.88. The summed E-state index contributed by atoms with van der Waals surface area (Å²) >= 11 is 0. The Balaban J connectivity index is 2.39. The zero-order chi connectivity index (χ0) is 13.2. The van der Waals surface area contributed by atoms with Crippen LogP contribution in [0.5, 0.6) is 0 Å². The average Bonchev–Trinajstić information content (AvgIpc) is 2.28. The van der Waals surface area contributed by atoms with Gasteiger partial charge in [-0.15, -0.1) is 0 Å². The minimum absolute atomic E-state index is 0.200. The number of ether oxygens (including phenoxy) is 1. The summed E-state index contributed by atoms with van der Waals surface area (Å²) in [5.74, 6) is -0.338. The van der Waals surface area contributed by atoms with Gasteiger partial charge in [-0.1, -0.05) is 13.3 Å². The molecular formula is C13H18N2O3. The summed E-state index contributed by atoms with van der Waals surface area (Å²) in [6, 6.07) is 0. The van der Waals surface area contributed by atoms with Gasteiger partial charge in [-0.25, -0.2) is 14.8 Å². The second-order valence-electron chi connectivity index (χ2n) is 4.66. The summed E-state index contributed by atoms with van der Waals surface area (Å²) in [6.07, 6.45) is 5.83. The summed E-state index contributed by atoms with van der Waals surface area (Å²) in [6.45, 7) is 2.00. The molecular weight excluding hydrogens is 232 g/mol. The Kier molecular flexibility index (Phi) is 3.61. The van der Waals surface area contributed by atoms with Crippen LogP contribution in [-0.4, -0.2) is 28.2 Å². The van der Waals surface area contributed by atoms with E-state index in [-0.39, 0.29) is 11.2 Å². The molecule has 1 N–H and O–H groups in total. The van der Waals surface area contributed by atoms with Crippen LogP contribution in [0.1, 0.15) is 54.5 Å². The van der Waals surface area contributed by atoms with E-state index in [0.717, 1.165) is 25.7 Å². The molecule has 0 atom stereocenters. The number of aromatic carboxylic acids is 1. The van der Waals surface area contributed by atoms with Crippen molar-refractivity contribution in [1.29, 1.82) is 0 Å². The highest BCUT2D eigenvalue weighted by Gasteiger charge is 2.42. The Hall–Kier alpha value is -1.49. The van der Waals surface area contributed by atoms with E-state index in [0.29, 0.717) is 17.9 Å². The summed E-state index contributed by atoms with van der Waals surface area (Å²) < 4.78 is 5.52. The molecule has 1 aromatic rings. The third-order valence-corrected chi connectivity index (χ3v) is 3.54. The predicted octanol–water partition coefficient (Wildman–Crippen LogP) is 2.15. The van der Waals surface area contributed by atoms with E-state index in [4.69, 9.17) is 9.84 Å². The summed E-state index contributed by atoms with van der Waals surface area (Å²) in [5.41, 5.74) is 0.420. The number of hydrogen-bond acceptors (Lipinski definition) is 4. The third kappa shape index (κ3) is 2.10. The lowest BCUT2D eigenvalue weighted by atomic mass is 9.79. The van der Waals surface area contributed by atoms with Gasteiger partial charge in [0.1, 0.15) is 5.60 Å². The van der Waals surface area contributed by atoms with Gasteiger partial charge in [0.25, 0.3) is 0 Å². The lowest BCUT2D eigenvalue weighted by Crippen LogP contribution is -2.38. The van der Waals surface area contributed by atoms with E-state index in [9.17, 15) is 4.79 Å². The fourth-order valence-electron chi connectivity index (χ4n) is 2.26. The molecule has 1 aliphatic rings. The van der Waals surface area contributed by atoms with Gasteiger partial charge in [0.05, 0.1) is 11.3 Å². The van der Waals surface area contributed by atoms with Gasteiger partial charge < -0.3 is 9.84 Å². The fourth-order valence-corrected chi connectivity index (χ4v) is 2.26. The average molecular weight is 250 g/mol. The van der Waals surface area contributed by atoms with E-state index in [1.165, 1.54) is 6.20 Å². The molecule has 2 rings (SSSR count). The van der Waals surface area contributed by atoms with Crippen molar-refractivity contribution in [3.63, 3.8) is 0 Å². The van der Waals surface area contributed by atoms with Crippen LogP contribution in [0, 0.1) is 0 Å². The Labute approximate surface area is 106 Å². The van der Waals surface area contributed by atoms with E-state index in [1.54, 1.807) is 7.11 Å². The van der Waals surface area contributed by atoms with Crippen LogP contribution < -0.4 is 0 Å². The first-order chi connectivity index (χ1) is 8.63. The van der Waals surface area contributed by atoms with Crippen molar-refractivity contribution < 1.29 is 14.6 Å². The van der Waals surface area contributed by atoms with E-state index in [2.05, 4.69) is 9.97 Å². The number of aryl methyl sites for hydroxylation is 1. The summed E-state index contributed by atoms with van der Waals surface area (Å²) in [5, 5.41) is 9.10. The first kappa shape index (κ1) is 13.0. The third-order valence-electron chi connectivity index (χ3n) is 3.54. The SMILES string of the molecule is CCCc1nc(C2(OC)CCC2)ncc1C(=O)O. The molecule has 0 amide bonds. The van der Waals surface area contributed by atoms with Gasteiger partial charge in [0.2, 0.25) is 0 Å². The van der Waals surface area contributed by atoms with Crippen molar-refractivity contribution in [3.05, 3.63) is 23.3 Å². The van der Waals surface area contributed by atoms with Crippen LogP contribution in [-0.2, 0) is 16.8 Å². The Morgan fingerprint density at radius 3 is 2.72 bits per heavy atom. The maximum Gasteiger partial charge on any atom is 0.339 e. The maximum absolute atomic E-state index is 11.1. The highest BCUT2D eigenvalue weighted by atomic mass is 16.5. The molecule has 5 nitrogen and oxygen atoms in total. The summed E-state index contributed by atoms with van der Waals surface area (Å²) in [4.78, 5) is 19.7. The number of methoxy groups -OCH3 is 1. The van der Waals surface area contributed by atoms with Crippen LogP contribution in [0.15, 0.2) is 6.20 Å². The standard InChI is InChI=1S/C13H18N2O3/c1-3-5-10-9(11(16)17)8-14-12(15-10)13(18-2)6-4-7-13/h8H,3-7H2,1-2H3,(H,16,17). The van der Waals surface area contributed by atoms with E-state index >= 15 is 0 Å². The molecule has 0 radical (unpaired) electrons. The maximum atomic E-state index is 11.1. The van der Waals surface area contributed by atoms with Crippen molar-refractivity contribution in [2.75, 3.05) is 7.11 Å².